The SMILES string of the molecule is C=CCC(/C=C/CC(C[C@H](O[Si](C)(C)C(C)(C)C)[C@@H](C)CO[Si](c1ccccc1)(c1ccccc1)C(C)(C)C)OC(C)=O)OC(C)=O. The number of hydrogen-bond acceptors (Lipinski definition) is 6. The maximum atomic E-state index is 12.3. The van der Waals surface area contributed by atoms with Crippen molar-refractivity contribution in [3.63, 3.8) is 0 Å². The van der Waals surface area contributed by atoms with Crippen molar-refractivity contribution < 1.29 is 27.9 Å². The van der Waals surface area contributed by atoms with E-state index in [1.807, 2.05) is 12.2 Å². The van der Waals surface area contributed by atoms with E-state index >= 15 is 0 Å². The Morgan fingerprint density at radius 1 is 0.809 bits per heavy atom. The van der Waals surface area contributed by atoms with Gasteiger partial charge in [-0.1, -0.05) is 121 Å². The second kappa shape index (κ2) is 17.6. The summed E-state index contributed by atoms with van der Waals surface area (Å²) in [6.45, 7) is 27.4. The molecule has 0 aliphatic carbocycles. The van der Waals surface area contributed by atoms with Crippen LogP contribution in [-0.2, 0) is 27.9 Å². The highest BCUT2D eigenvalue weighted by atomic mass is 28.4. The van der Waals surface area contributed by atoms with Crippen LogP contribution in [0.1, 0.15) is 81.6 Å². The fraction of sp³-hybridized carbons (Fsp3) is 0.538. The van der Waals surface area contributed by atoms with E-state index in [1.54, 1.807) is 6.08 Å². The quantitative estimate of drug-likeness (QED) is 0.0950. The van der Waals surface area contributed by atoms with Crippen LogP contribution < -0.4 is 10.4 Å². The number of carbonyl (C=O) groups is 2. The maximum absolute atomic E-state index is 12.3. The van der Waals surface area contributed by atoms with Gasteiger partial charge in [0, 0.05) is 45.6 Å². The lowest BCUT2D eigenvalue weighted by molar-refractivity contribution is -0.147. The first-order valence-electron chi connectivity index (χ1n) is 16.9. The summed E-state index contributed by atoms with van der Waals surface area (Å²) >= 11 is 0. The van der Waals surface area contributed by atoms with E-state index in [0.29, 0.717) is 25.9 Å². The lowest BCUT2D eigenvalue weighted by atomic mass is 9.98. The van der Waals surface area contributed by atoms with Crippen LogP contribution >= 0.6 is 0 Å². The minimum absolute atomic E-state index is 0.00220. The van der Waals surface area contributed by atoms with Crippen LogP contribution in [0.5, 0.6) is 0 Å². The molecule has 4 atom stereocenters. The Kier molecular flexibility index (Phi) is 15.1. The summed E-state index contributed by atoms with van der Waals surface area (Å²) in [5.41, 5.74) is 0. The van der Waals surface area contributed by atoms with Crippen LogP contribution in [0.15, 0.2) is 85.5 Å². The number of rotatable bonds is 17. The summed E-state index contributed by atoms with van der Waals surface area (Å²) in [6.07, 6.45) is 5.92. The minimum Gasteiger partial charge on any atom is -0.462 e. The van der Waals surface area contributed by atoms with Crippen LogP contribution in [-0.4, -0.2) is 53.5 Å². The lowest BCUT2D eigenvalue weighted by Gasteiger charge is -2.45. The summed E-state index contributed by atoms with van der Waals surface area (Å²) in [5, 5.41) is 2.30. The average Bonchev–Trinajstić information content (AvgIpc) is 2.96. The van der Waals surface area contributed by atoms with Crippen molar-refractivity contribution in [2.75, 3.05) is 6.61 Å². The zero-order valence-electron chi connectivity index (χ0n) is 30.8. The Bertz CT molecular complexity index is 1250. The van der Waals surface area contributed by atoms with Crippen LogP contribution in [0.4, 0.5) is 0 Å². The number of esters is 2. The first kappa shape index (κ1) is 40.4. The van der Waals surface area contributed by atoms with Crippen LogP contribution in [0.3, 0.4) is 0 Å². The largest absolute Gasteiger partial charge is 0.462 e. The molecule has 47 heavy (non-hydrogen) atoms. The number of ether oxygens (including phenoxy) is 2. The highest BCUT2D eigenvalue weighted by molar-refractivity contribution is 6.99. The predicted octanol–water partition coefficient (Wildman–Crippen LogP) is 8.37. The fourth-order valence-electron chi connectivity index (χ4n) is 5.69. The number of carbonyl (C=O) groups excluding carboxylic acids is 2. The van der Waals surface area contributed by atoms with E-state index in [1.165, 1.54) is 24.2 Å². The van der Waals surface area contributed by atoms with Crippen LogP contribution in [0.2, 0.25) is 23.2 Å². The van der Waals surface area contributed by atoms with Gasteiger partial charge in [-0.2, -0.15) is 0 Å². The van der Waals surface area contributed by atoms with Crippen molar-refractivity contribution in [2.45, 2.75) is 123 Å². The smallest absolute Gasteiger partial charge is 0.303 e. The third-order valence-electron chi connectivity index (χ3n) is 9.16. The van der Waals surface area contributed by atoms with Gasteiger partial charge in [-0.3, -0.25) is 9.59 Å². The second-order valence-corrected chi connectivity index (χ2v) is 24.2. The average molecular weight is 681 g/mol. The second-order valence-electron chi connectivity index (χ2n) is 15.2. The molecule has 2 aromatic rings. The Hall–Kier alpha value is -2.79. The molecule has 2 unspecified atom stereocenters. The van der Waals surface area contributed by atoms with E-state index in [9.17, 15) is 9.59 Å². The van der Waals surface area contributed by atoms with Gasteiger partial charge in [-0.05, 0) is 39.6 Å². The van der Waals surface area contributed by atoms with Crippen LogP contribution in [0.25, 0.3) is 0 Å². The molecule has 0 radical (unpaired) electrons. The summed E-state index contributed by atoms with van der Waals surface area (Å²) in [6, 6.07) is 21.3. The van der Waals surface area contributed by atoms with E-state index in [2.05, 4.69) is 129 Å². The lowest BCUT2D eigenvalue weighted by Crippen LogP contribution is -2.67. The Labute approximate surface area is 287 Å². The van der Waals surface area contributed by atoms with E-state index in [0.717, 1.165) is 0 Å². The van der Waals surface area contributed by atoms with Gasteiger partial charge in [-0.25, -0.2) is 0 Å². The zero-order chi connectivity index (χ0) is 35.5. The van der Waals surface area contributed by atoms with Gasteiger partial charge in [0.15, 0.2) is 8.32 Å². The van der Waals surface area contributed by atoms with Crippen molar-refractivity contribution in [3.8, 4) is 0 Å². The van der Waals surface area contributed by atoms with Crippen molar-refractivity contribution in [1.29, 1.82) is 0 Å². The van der Waals surface area contributed by atoms with Gasteiger partial charge in [0.1, 0.15) is 12.2 Å². The summed E-state index contributed by atoms with van der Waals surface area (Å²) < 4.78 is 25.8. The first-order chi connectivity index (χ1) is 21.8. The van der Waals surface area contributed by atoms with E-state index in [4.69, 9.17) is 18.3 Å². The molecule has 0 amide bonds. The first-order valence-corrected chi connectivity index (χ1v) is 21.7. The van der Waals surface area contributed by atoms with Crippen LogP contribution in [0, 0.1) is 5.92 Å². The van der Waals surface area contributed by atoms with Gasteiger partial charge in [-0.15, -0.1) is 6.58 Å². The molecule has 0 aromatic heterocycles. The topological polar surface area (TPSA) is 71.1 Å². The highest BCUT2D eigenvalue weighted by Crippen LogP contribution is 2.40. The van der Waals surface area contributed by atoms with E-state index in [-0.39, 0.29) is 34.0 Å². The molecular weight excluding hydrogens is 621 g/mol. The Morgan fingerprint density at radius 2 is 1.32 bits per heavy atom. The molecule has 2 aromatic carbocycles. The Balaban J connectivity index is 2.50. The molecule has 260 valence electrons. The third-order valence-corrected chi connectivity index (χ3v) is 18.7. The van der Waals surface area contributed by atoms with Gasteiger partial charge in [0.2, 0.25) is 0 Å². The van der Waals surface area contributed by atoms with Crippen molar-refractivity contribution in [1.82, 2.24) is 0 Å². The number of benzene rings is 2. The van der Waals surface area contributed by atoms with Crippen molar-refractivity contribution in [3.05, 3.63) is 85.5 Å². The molecule has 8 heteroatoms. The summed E-state index contributed by atoms with van der Waals surface area (Å²) in [7, 11) is -4.99. The monoisotopic (exact) mass is 680 g/mol. The molecule has 0 bridgehead atoms. The molecule has 0 N–H and O–H groups in total. The minimum atomic E-state index is -2.76. The molecule has 6 nitrogen and oxygen atoms in total. The molecule has 0 fully saturated rings. The maximum Gasteiger partial charge on any atom is 0.303 e. The molecule has 0 aliphatic rings. The molecule has 0 spiro atoms. The molecule has 0 saturated heterocycles. The highest BCUT2D eigenvalue weighted by Gasteiger charge is 2.50. The molecule has 0 aliphatic heterocycles. The Morgan fingerprint density at radius 3 is 1.74 bits per heavy atom. The molecule has 0 heterocycles. The summed E-state index contributed by atoms with van der Waals surface area (Å²) in [5.74, 6) is -0.689. The third kappa shape index (κ3) is 11.7. The number of hydrogen-bond donors (Lipinski definition) is 0. The molecular formula is C39H60O6Si2. The standard InChI is InChI=1S/C39H60O6Si2/c1-13-21-33(43-31(3)40)22-20-23-34(44-32(4)41)28-37(45-46(11,12)38(5,6)7)30(2)29-42-47(39(8,9)10,35-24-16-14-17-25-35)36-26-18-15-19-27-36/h13-20,22,24-27,30,33-34,37H,1,21,23,28-29H2,2-12H3/b22-20+/t30-,33?,34?,37-/m0/s1. The molecule has 2 rings (SSSR count). The predicted molar refractivity (Wildman–Crippen MR) is 199 cm³/mol. The van der Waals surface area contributed by atoms with Gasteiger partial charge in [0.05, 0.1) is 6.10 Å². The van der Waals surface area contributed by atoms with Crippen molar-refractivity contribution in [2.24, 2.45) is 5.92 Å². The zero-order valence-corrected chi connectivity index (χ0v) is 32.8. The van der Waals surface area contributed by atoms with Crippen molar-refractivity contribution >= 4 is 38.9 Å². The van der Waals surface area contributed by atoms with Gasteiger partial charge >= 0.3 is 11.9 Å². The van der Waals surface area contributed by atoms with Gasteiger partial charge < -0.3 is 18.3 Å². The summed E-state index contributed by atoms with van der Waals surface area (Å²) in [4.78, 5) is 23.9. The van der Waals surface area contributed by atoms with E-state index < -0.39 is 28.8 Å². The normalized spacial score (nSPS) is 15.5. The molecule has 0 saturated carbocycles. The fourth-order valence-corrected chi connectivity index (χ4v) is 11.8. The van der Waals surface area contributed by atoms with Gasteiger partial charge in [0.25, 0.3) is 8.32 Å².